The number of ketones is 1. The Balaban J connectivity index is 1.84. The summed E-state index contributed by atoms with van der Waals surface area (Å²) in [5.41, 5.74) is 5.17. The van der Waals surface area contributed by atoms with Crippen LogP contribution in [0.5, 0.6) is 11.5 Å². The van der Waals surface area contributed by atoms with Gasteiger partial charge in [-0.1, -0.05) is 0 Å². The van der Waals surface area contributed by atoms with Crippen LogP contribution in [0.15, 0.2) is 60.1 Å². The maximum absolute atomic E-state index is 13.6. The lowest BCUT2D eigenvalue weighted by Gasteiger charge is -2.31. The second-order valence-corrected chi connectivity index (χ2v) is 7.68. The van der Waals surface area contributed by atoms with Crippen LogP contribution < -0.4 is 20.3 Å². The van der Waals surface area contributed by atoms with Crippen LogP contribution in [0.1, 0.15) is 11.1 Å². The molecule has 2 aromatic rings. The van der Waals surface area contributed by atoms with Crippen LogP contribution in [0, 0.1) is 11.6 Å². The van der Waals surface area contributed by atoms with E-state index in [0.29, 0.717) is 22.6 Å². The van der Waals surface area contributed by atoms with Gasteiger partial charge in [-0.15, -0.1) is 0 Å². The van der Waals surface area contributed by atoms with Crippen molar-refractivity contribution in [1.29, 1.82) is 0 Å². The van der Waals surface area contributed by atoms with Crippen LogP contribution in [0.2, 0.25) is 0 Å². The van der Waals surface area contributed by atoms with Gasteiger partial charge >= 0.3 is 0 Å². The van der Waals surface area contributed by atoms with E-state index < -0.39 is 28.7 Å². The summed E-state index contributed by atoms with van der Waals surface area (Å²) in [7, 11) is 5.73. The Labute approximate surface area is 199 Å². The second-order valence-electron chi connectivity index (χ2n) is 7.68. The highest BCUT2D eigenvalue weighted by Crippen LogP contribution is 2.53. The Morgan fingerprint density at radius 2 is 1.69 bits per heavy atom. The van der Waals surface area contributed by atoms with Crippen LogP contribution in [0.4, 0.5) is 14.5 Å². The molecule has 0 radical (unpaired) electrons. The number of hydrogen-bond donors (Lipinski definition) is 2. The van der Waals surface area contributed by atoms with Gasteiger partial charge in [-0.25, -0.2) is 8.78 Å². The summed E-state index contributed by atoms with van der Waals surface area (Å²) in [5, 5.41) is 0. The Morgan fingerprint density at radius 1 is 0.914 bits per heavy atom. The van der Waals surface area contributed by atoms with Crippen molar-refractivity contribution in [2.24, 2.45) is 0 Å². The van der Waals surface area contributed by atoms with Gasteiger partial charge in [0, 0.05) is 29.3 Å². The molecular weight excluding hydrogens is 462 g/mol. The van der Waals surface area contributed by atoms with Gasteiger partial charge in [0.15, 0.2) is 17.4 Å². The number of carbonyl (C=O) groups is 2. The summed E-state index contributed by atoms with van der Waals surface area (Å²) >= 11 is 0. The van der Waals surface area contributed by atoms with Gasteiger partial charge in [0.25, 0.3) is 5.91 Å². The molecule has 0 heterocycles. The Hall–Kier alpha value is -4.34. The highest BCUT2D eigenvalue weighted by Gasteiger charge is 2.48. The lowest BCUT2D eigenvalue weighted by molar-refractivity contribution is -0.115. The summed E-state index contributed by atoms with van der Waals surface area (Å²) < 4.78 is 48.6. The third kappa shape index (κ3) is 3.96. The predicted octanol–water partition coefficient (Wildman–Crippen LogP) is 3.40. The minimum absolute atomic E-state index is 0.0624. The molecule has 182 valence electrons. The number of anilines is 1. The SMILES string of the molecule is COC1=CC2(C=C(C(=O)NNc3ccc(F)c(F)c3)c3cc(OC)cc(OC)c32)C(OC)=CC1=O. The van der Waals surface area contributed by atoms with E-state index in [-0.39, 0.29) is 22.8 Å². The molecule has 8 nitrogen and oxygen atoms in total. The van der Waals surface area contributed by atoms with Crippen LogP contribution in [-0.2, 0) is 24.5 Å². The fourth-order valence-corrected chi connectivity index (χ4v) is 4.20. The molecular formula is C25H22F2N2O6. The number of amides is 1. The molecule has 2 aliphatic rings. The number of benzene rings is 2. The minimum atomic E-state index is -1.20. The highest BCUT2D eigenvalue weighted by atomic mass is 19.2. The van der Waals surface area contributed by atoms with Gasteiger partial charge in [0.05, 0.1) is 39.5 Å². The topological polar surface area (TPSA) is 95.1 Å². The molecule has 1 atom stereocenters. The number of methoxy groups -OCH3 is 4. The third-order valence-electron chi connectivity index (χ3n) is 5.80. The fraction of sp³-hybridized carbons (Fsp3) is 0.200. The number of ether oxygens (including phenoxy) is 4. The average Bonchev–Trinajstić information content (AvgIpc) is 3.19. The number of allylic oxidation sites excluding steroid dienone is 2. The van der Waals surface area contributed by atoms with Gasteiger partial charge in [-0.05, 0) is 35.9 Å². The fourth-order valence-electron chi connectivity index (χ4n) is 4.20. The van der Waals surface area contributed by atoms with E-state index >= 15 is 0 Å². The molecule has 10 heteroatoms. The molecule has 4 rings (SSSR count). The van der Waals surface area contributed by atoms with E-state index in [1.54, 1.807) is 24.3 Å². The molecule has 1 unspecified atom stereocenters. The number of halogens is 2. The maximum Gasteiger partial charge on any atom is 0.269 e. The monoisotopic (exact) mass is 484 g/mol. The molecule has 0 fully saturated rings. The lowest BCUT2D eigenvalue weighted by atomic mass is 9.76. The molecule has 1 amide bonds. The largest absolute Gasteiger partial charge is 0.499 e. The summed E-state index contributed by atoms with van der Waals surface area (Å²) in [6.45, 7) is 0. The number of rotatable bonds is 7. The van der Waals surface area contributed by atoms with E-state index in [9.17, 15) is 18.4 Å². The number of hydrogen-bond acceptors (Lipinski definition) is 7. The summed E-state index contributed by atoms with van der Waals surface area (Å²) in [5.74, 6) is -1.94. The molecule has 2 aromatic carbocycles. The first-order valence-corrected chi connectivity index (χ1v) is 10.4. The first-order chi connectivity index (χ1) is 16.8. The highest BCUT2D eigenvalue weighted by molar-refractivity contribution is 6.23. The zero-order valence-corrected chi connectivity index (χ0v) is 19.3. The van der Waals surface area contributed by atoms with E-state index in [1.165, 1.54) is 40.6 Å². The Kier molecular flexibility index (Phi) is 6.21. The van der Waals surface area contributed by atoms with Crippen molar-refractivity contribution in [2.45, 2.75) is 5.41 Å². The molecule has 0 aromatic heterocycles. The van der Waals surface area contributed by atoms with Gasteiger partial charge in [0.2, 0.25) is 5.78 Å². The van der Waals surface area contributed by atoms with Crippen molar-refractivity contribution in [3.8, 4) is 11.5 Å². The standard InChI is InChI=1S/C25H22F2N2O6/c1-32-14-8-15-16(24(31)29-28-13-5-6-17(26)18(27)7-13)11-25(23(15)20(9-14)33-2)12-21(34-3)19(30)10-22(25)35-4/h5-12,28H,1-4H3,(H,29,31). The van der Waals surface area contributed by atoms with Gasteiger partial charge < -0.3 is 18.9 Å². The van der Waals surface area contributed by atoms with Crippen LogP contribution >= 0.6 is 0 Å². The van der Waals surface area contributed by atoms with Crippen molar-refractivity contribution in [2.75, 3.05) is 33.9 Å². The molecule has 0 saturated carbocycles. The van der Waals surface area contributed by atoms with E-state index in [4.69, 9.17) is 18.9 Å². The van der Waals surface area contributed by atoms with Crippen LogP contribution in [0.3, 0.4) is 0 Å². The maximum atomic E-state index is 13.6. The Morgan fingerprint density at radius 3 is 2.31 bits per heavy atom. The van der Waals surface area contributed by atoms with Crippen LogP contribution in [-0.4, -0.2) is 40.1 Å². The summed E-state index contributed by atoms with van der Waals surface area (Å²) in [6, 6.07) is 6.42. The van der Waals surface area contributed by atoms with Gasteiger partial charge in [-0.3, -0.25) is 20.4 Å². The lowest BCUT2D eigenvalue weighted by Crippen LogP contribution is -2.30. The molecule has 2 aliphatic carbocycles. The van der Waals surface area contributed by atoms with E-state index in [0.717, 1.165) is 12.1 Å². The number of nitrogens with one attached hydrogen (secondary N) is 2. The minimum Gasteiger partial charge on any atom is -0.499 e. The predicted molar refractivity (Wildman–Crippen MR) is 123 cm³/mol. The third-order valence-corrected chi connectivity index (χ3v) is 5.80. The zero-order chi connectivity index (χ0) is 25.3. The van der Waals surface area contributed by atoms with E-state index in [1.807, 2.05) is 0 Å². The van der Waals surface area contributed by atoms with Crippen molar-refractivity contribution in [1.82, 2.24) is 5.43 Å². The summed E-state index contributed by atoms with van der Waals surface area (Å²) in [4.78, 5) is 25.8. The van der Waals surface area contributed by atoms with E-state index in [2.05, 4.69) is 10.9 Å². The van der Waals surface area contributed by atoms with Gasteiger partial charge in [0.1, 0.15) is 17.3 Å². The normalized spacial score (nSPS) is 18.2. The number of carbonyl (C=O) groups excluding carboxylic acids is 2. The first kappa shape index (κ1) is 23.8. The zero-order valence-electron chi connectivity index (χ0n) is 19.3. The number of hydrazine groups is 1. The summed E-state index contributed by atoms with van der Waals surface area (Å²) in [6.07, 6.45) is 4.47. The molecule has 0 aliphatic heterocycles. The van der Waals surface area contributed by atoms with Crippen molar-refractivity contribution >= 4 is 23.0 Å². The van der Waals surface area contributed by atoms with Crippen molar-refractivity contribution < 1.29 is 37.3 Å². The Bertz CT molecular complexity index is 1320. The molecule has 0 bridgehead atoms. The second kappa shape index (κ2) is 9.13. The van der Waals surface area contributed by atoms with Crippen molar-refractivity contribution in [3.63, 3.8) is 0 Å². The smallest absolute Gasteiger partial charge is 0.269 e. The number of fused-ring (bicyclic) bond motifs is 2. The molecule has 1 spiro atoms. The molecule has 0 saturated heterocycles. The van der Waals surface area contributed by atoms with Gasteiger partial charge in [-0.2, -0.15) is 0 Å². The molecule has 35 heavy (non-hydrogen) atoms. The molecule has 2 N–H and O–H groups in total. The quantitative estimate of drug-likeness (QED) is 0.582. The average molecular weight is 484 g/mol. The first-order valence-electron chi connectivity index (χ1n) is 10.4. The van der Waals surface area contributed by atoms with Crippen LogP contribution in [0.25, 0.3) is 5.57 Å². The van der Waals surface area contributed by atoms with Crippen molar-refractivity contribution in [3.05, 3.63) is 82.8 Å².